The van der Waals surface area contributed by atoms with E-state index >= 15 is 0 Å². The zero-order chi connectivity index (χ0) is 9.10. The summed E-state index contributed by atoms with van der Waals surface area (Å²) >= 11 is 3.63. The molecule has 2 atom stereocenters. The van der Waals surface area contributed by atoms with Crippen molar-refractivity contribution in [2.45, 2.75) is 23.8 Å². The number of alkyl halides is 1. The largest absolute Gasteiger partial charge is 0.373 e. The topological polar surface area (TPSA) is 22.1 Å². The second kappa shape index (κ2) is 4.20. The van der Waals surface area contributed by atoms with E-state index < -0.39 is 0 Å². The van der Waals surface area contributed by atoms with Crippen LogP contribution in [-0.4, -0.2) is 16.4 Å². The molecule has 1 fully saturated rings. The van der Waals surface area contributed by atoms with Crippen LogP contribution in [0.5, 0.6) is 0 Å². The van der Waals surface area contributed by atoms with Gasteiger partial charge in [0.15, 0.2) is 0 Å². The molecule has 13 heavy (non-hydrogen) atoms. The summed E-state index contributed by atoms with van der Waals surface area (Å²) in [6.07, 6.45) is 6.06. The number of hydrogen-bond acceptors (Lipinski definition) is 2. The summed E-state index contributed by atoms with van der Waals surface area (Å²) in [4.78, 5) is 4.68. The molecular formula is C10H12BrNO. The molecule has 1 aliphatic heterocycles. The molecule has 1 aromatic heterocycles. The van der Waals surface area contributed by atoms with E-state index in [-0.39, 0.29) is 6.10 Å². The number of rotatable bonds is 1. The van der Waals surface area contributed by atoms with Gasteiger partial charge in [0.25, 0.3) is 0 Å². The third kappa shape index (κ3) is 2.29. The number of nitrogens with zero attached hydrogens (tertiary/aromatic N) is 1. The summed E-state index contributed by atoms with van der Waals surface area (Å²) in [6.45, 7) is 0.843. The van der Waals surface area contributed by atoms with E-state index in [4.69, 9.17) is 4.74 Å². The van der Waals surface area contributed by atoms with Gasteiger partial charge in [-0.3, -0.25) is 4.98 Å². The van der Waals surface area contributed by atoms with Gasteiger partial charge in [-0.1, -0.05) is 22.0 Å². The minimum Gasteiger partial charge on any atom is -0.373 e. The van der Waals surface area contributed by atoms with Gasteiger partial charge in [-0.05, 0) is 24.5 Å². The Bertz CT molecular complexity index is 265. The maximum Gasteiger partial charge on any atom is 0.0850 e. The van der Waals surface area contributed by atoms with Crippen molar-refractivity contribution in [2.75, 3.05) is 6.61 Å². The zero-order valence-corrected chi connectivity index (χ0v) is 8.90. The average molecular weight is 242 g/mol. The van der Waals surface area contributed by atoms with Crippen molar-refractivity contribution >= 4 is 15.9 Å². The Morgan fingerprint density at radius 3 is 3.15 bits per heavy atom. The summed E-state index contributed by atoms with van der Waals surface area (Å²) in [5, 5.41) is 0. The molecule has 0 aliphatic carbocycles. The van der Waals surface area contributed by atoms with Crippen LogP contribution in [-0.2, 0) is 4.74 Å². The summed E-state index contributed by atoms with van der Waals surface area (Å²) in [6, 6.07) is 4.03. The van der Waals surface area contributed by atoms with Gasteiger partial charge < -0.3 is 4.74 Å². The normalized spacial score (nSPS) is 28.7. The van der Waals surface area contributed by atoms with Crippen LogP contribution in [0.2, 0.25) is 0 Å². The molecule has 0 radical (unpaired) electrons. The minimum absolute atomic E-state index is 0.229. The fourth-order valence-electron chi connectivity index (χ4n) is 1.56. The van der Waals surface area contributed by atoms with Crippen LogP contribution >= 0.6 is 15.9 Å². The van der Waals surface area contributed by atoms with Crippen LogP contribution in [0.3, 0.4) is 0 Å². The van der Waals surface area contributed by atoms with Gasteiger partial charge >= 0.3 is 0 Å². The lowest BCUT2D eigenvalue weighted by Crippen LogP contribution is -2.19. The molecule has 3 heteroatoms. The number of hydrogen-bond donors (Lipinski definition) is 0. The monoisotopic (exact) mass is 241 g/mol. The van der Waals surface area contributed by atoms with E-state index in [1.807, 2.05) is 12.3 Å². The molecular weight excluding hydrogens is 230 g/mol. The van der Waals surface area contributed by atoms with Crippen molar-refractivity contribution in [3.63, 3.8) is 0 Å². The van der Waals surface area contributed by atoms with E-state index in [0.29, 0.717) is 4.83 Å². The van der Waals surface area contributed by atoms with Gasteiger partial charge in [-0.15, -0.1) is 0 Å². The Hall–Kier alpha value is -0.410. The van der Waals surface area contributed by atoms with Crippen molar-refractivity contribution in [1.82, 2.24) is 4.98 Å². The molecule has 0 amide bonds. The highest BCUT2D eigenvalue weighted by Gasteiger charge is 2.21. The molecule has 2 rings (SSSR count). The van der Waals surface area contributed by atoms with Crippen LogP contribution in [0.1, 0.15) is 24.5 Å². The fraction of sp³-hybridized carbons (Fsp3) is 0.500. The summed E-state index contributed by atoms with van der Waals surface area (Å²) < 4.78 is 5.66. The van der Waals surface area contributed by atoms with Crippen molar-refractivity contribution in [1.29, 1.82) is 0 Å². The molecule has 0 unspecified atom stereocenters. The van der Waals surface area contributed by atoms with E-state index in [1.54, 1.807) is 6.20 Å². The second-order valence-electron chi connectivity index (χ2n) is 3.27. The molecule has 2 nitrogen and oxygen atoms in total. The van der Waals surface area contributed by atoms with Gasteiger partial charge in [0, 0.05) is 23.8 Å². The highest BCUT2D eigenvalue weighted by atomic mass is 79.9. The van der Waals surface area contributed by atoms with E-state index in [1.165, 1.54) is 5.56 Å². The van der Waals surface area contributed by atoms with Gasteiger partial charge in [0.05, 0.1) is 6.10 Å². The zero-order valence-electron chi connectivity index (χ0n) is 7.32. The molecule has 0 spiro atoms. The lowest BCUT2D eigenvalue weighted by atomic mass is 10.0. The Morgan fingerprint density at radius 2 is 2.46 bits per heavy atom. The first kappa shape index (κ1) is 9.16. The first-order chi connectivity index (χ1) is 6.36. The fourth-order valence-corrected chi connectivity index (χ4v) is 2.08. The number of halogens is 1. The van der Waals surface area contributed by atoms with Crippen LogP contribution in [0.15, 0.2) is 24.5 Å². The maximum atomic E-state index is 5.66. The van der Waals surface area contributed by atoms with Gasteiger partial charge in [0.2, 0.25) is 0 Å². The number of aromatic nitrogens is 1. The molecule has 1 aliphatic rings. The van der Waals surface area contributed by atoms with Gasteiger partial charge in [-0.25, -0.2) is 0 Å². The quantitative estimate of drug-likeness (QED) is 0.706. The van der Waals surface area contributed by atoms with E-state index in [2.05, 4.69) is 27.0 Å². The number of pyridine rings is 1. The molecule has 1 aromatic rings. The first-order valence-electron chi connectivity index (χ1n) is 4.52. The molecule has 0 saturated carbocycles. The Kier molecular flexibility index (Phi) is 2.96. The minimum atomic E-state index is 0.229. The molecule has 2 heterocycles. The van der Waals surface area contributed by atoms with Crippen molar-refractivity contribution in [2.24, 2.45) is 0 Å². The van der Waals surface area contributed by atoms with Crippen molar-refractivity contribution in [3.8, 4) is 0 Å². The molecule has 0 N–H and O–H groups in total. The highest BCUT2D eigenvalue weighted by molar-refractivity contribution is 9.09. The standard InChI is InChI=1S/C10H12BrNO/c11-9-3-5-13-10(6-9)8-2-1-4-12-7-8/h1-2,4,7,9-10H,3,5-6H2/t9-,10+/m1/s1. The van der Waals surface area contributed by atoms with Gasteiger partial charge in [0.1, 0.15) is 0 Å². The molecule has 70 valence electrons. The number of ether oxygens (including phenoxy) is 1. The third-order valence-electron chi connectivity index (χ3n) is 2.28. The van der Waals surface area contributed by atoms with Crippen molar-refractivity contribution < 1.29 is 4.74 Å². The third-order valence-corrected chi connectivity index (χ3v) is 3.11. The molecule has 0 aromatic carbocycles. The van der Waals surface area contributed by atoms with Gasteiger partial charge in [-0.2, -0.15) is 0 Å². The highest BCUT2D eigenvalue weighted by Crippen LogP contribution is 2.30. The lowest BCUT2D eigenvalue weighted by molar-refractivity contribution is 0.0185. The summed E-state index contributed by atoms with van der Waals surface area (Å²) in [5.41, 5.74) is 1.19. The van der Waals surface area contributed by atoms with Crippen molar-refractivity contribution in [3.05, 3.63) is 30.1 Å². The smallest absolute Gasteiger partial charge is 0.0850 e. The summed E-state index contributed by atoms with van der Waals surface area (Å²) in [5.74, 6) is 0. The molecule has 1 saturated heterocycles. The van der Waals surface area contributed by atoms with E-state index in [0.717, 1.165) is 19.4 Å². The van der Waals surface area contributed by atoms with Crippen LogP contribution in [0.25, 0.3) is 0 Å². The Labute approximate surface area is 86.5 Å². The van der Waals surface area contributed by atoms with Crippen LogP contribution < -0.4 is 0 Å². The Balaban J connectivity index is 2.08. The maximum absolute atomic E-state index is 5.66. The summed E-state index contributed by atoms with van der Waals surface area (Å²) in [7, 11) is 0. The predicted octanol–water partition coefficient (Wildman–Crippen LogP) is 2.70. The Morgan fingerprint density at radius 1 is 1.54 bits per heavy atom. The van der Waals surface area contributed by atoms with E-state index in [9.17, 15) is 0 Å². The predicted molar refractivity (Wildman–Crippen MR) is 54.9 cm³/mol. The molecule has 0 bridgehead atoms. The lowest BCUT2D eigenvalue weighted by Gasteiger charge is -2.26. The SMILES string of the molecule is Br[C@@H]1CCO[C@H](c2cccnc2)C1. The first-order valence-corrected chi connectivity index (χ1v) is 5.43. The van der Waals surface area contributed by atoms with Crippen LogP contribution in [0.4, 0.5) is 0 Å². The second-order valence-corrected chi connectivity index (χ2v) is 4.56. The van der Waals surface area contributed by atoms with Crippen LogP contribution in [0, 0.1) is 0 Å². The average Bonchev–Trinajstić information content (AvgIpc) is 2.19.